The first-order valence-corrected chi connectivity index (χ1v) is 17.3. The second-order valence-electron chi connectivity index (χ2n) is 12.8. The van der Waals surface area contributed by atoms with Gasteiger partial charge in [0, 0.05) is 41.7 Å². The molecule has 2 bridgehead atoms. The molecule has 4 aromatic rings. The Morgan fingerprint density at radius 3 is 2.52 bits per heavy atom. The summed E-state index contributed by atoms with van der Waals surface area (Å²) >= 11 is 1.51. The summed E-state index contributed by atoms with van der Waals surface area (Å²) in [6.07, 6.45) is 5.92. The number of nitrogens with zero attached hydrogens (tertiary/aromatic N) is 3. The molecule has 5 fully saturated rings. The van der Waals surface area contributed by atoms with Gasteiger partial charge in [0.15, 0.2) is 5.13 Å². The van der Waals surface area contributed by atoms with Gasteiger partial charge in [0.05, 0.1) is 20.5 Å². The van der Waals surface area contributed by atoms with Gasteiger partial charge in [0.25, 0.3) is 5.91 Å². The van der Waals surface area contributed by atoms with Gasteiger partial charge in [-0.2, -0.15) is 0 Å². The molecule has 9 rings (SSSR count). The molecule has 2 aliphatic heterocycles. The molecule has 3 aliphatic carbocycles. The molecule has 44 heavy (non-hydrogen) atoms. The van der Waals surface area contributed by atoms with Crippen LogP contribution in [0.2, 0.25) is 0 Å². The van der Waals surface area contributed by atoms with E-state index in [-0.39, 0.29) is 23.2 Å². The molecule has 230 valence electrons. The molecule has 5 aliphatic rings. The number of anilines is 1. The van der Waals surface area contributed by atoms with Gasteiger partial charge in [0.1, 0.15) is 23.1 Å². The van der Waals surface area contributed by atoms with E-state index in [0.29, 0.717) is 37.0 Å². The number of sulfonamides is 1. The van der Waals surface area contributed by atoms with Gasteiger partial charge in [-0.05, 0) is 82.2 Å². The Morgan fingerprint density at radius 1 is 1.11 bits per heavy atom. The maximum Gasteiger partial charge on any atom is 0.264 e. The van der Waals surface area contributed by atoms with Crippen LogP contribution in [0.1, 0.15) is 79.5 Å². The molecule has 0 radical (unpaired) electrons. The Bertz CT molecular complexity index is 1880. The van der Waals surface area contributed by atoms with Gasteiger partial charge >= 0.3 is 0 Å². The Morgan fingerprint density at radius 2 is 1.84 bits per heavy atom. The van der Waals surface area contributed by atoms with Crippen LogP contribution in [-0.4, -0.2) is 47.3 Å². The summed E-state index contributed by atoms with van der Waals surface area (Å²) < 4.78 is 62.2. The fourth-order valence-electron chi connectivity index (χ4n) is 6.59. The standard InChI is InChI=1S/C31H31F2N5O4S2/c1-31(9-10-31)44(40,41)37-29(39)17-7-8-24-25(11-17)43-30(35-24)38-19-12-18(13-20(38)14-19)34-15-21-27(36-42-28(21)16-5-6-16)26-22(32)3-2-4-23(26)33/h2-4,7-8,11,16,18-20,34H,5-6,9-10,12-15H2,1H3,(H,37,39). The highest BCUT2D eigenvalue weighted by Gasteiger charge is 2.51. The second kappa shape index (κ2) is 10.0. The fraction of sp³-hybridized carbons (Fsp3) is 0.452. The van der Waals surface area contributed by atoms with Crippen LogP contribution in [0.25, 0.3) is 21.5 Å². The molecule has 3 saturated carbocycles. The summed E-state index contributed by atoms with van der Waals surface area (Å²) in [4.78, 5) is 19.9. The topological polar surface area (TPSA) is 117 Å². The van der Waals surface area contributed by atoms with Gasteiger partial charge in [-0.25, -0.2) is 26.9 Å². The zero-order valence-electron chi connectivity index (χ0n) is 24.0. The number of rotatable bonds is 9. The quantitative estimate of drug-likeness (QED) is 0.243. The summed E-state index contributed by atoms with van der Waals surface area (Å²) in [6, 6.07) is 9.73. The zero-order chi connectivity index (χ0) is 30.4. The molecule has 2 aromatic heterocycles. The number of aromatic nitrogens is 2. The molecular weight excluding hydrogens is 609 g/mol. The van der Waals surface area contributed by atoms with Crippen LogP contribution in [0.15, 0.2) is 40.9 Å². The van der Waals surface area contributed by atoms with Crippen LogP contribution in [-0.2, 0) is 16.6 Å². The van der Waals surface area contributed by atoms with Crippen LogP contribution < -0.4 is 14.9 Å². The molecule has 1 amide bonds. The largest absolute Gasteiger partial charge is 0.360 e. The first-order valence-electron chi connectivity index (χ1n) is 15.0. The van der Waals surface area contributed by atoms with E-state index >= 15 is 0 Å². The number of amides is 1. The lowest BCUT2D eigenvalue weighted by Crippen LogP contribution is -2.64. The molecule has 9 nitrogen and oxygen atoms in total. The second-order valence-corrected chi connectivity index (χ2v) is 16.0. The van der Waals surface area contributed by atoms with Gasteiger partial charge < -0.3 is 14.7 Å². The average molecular weight is 640 g/mol. The summed E-state index contributed by atoms with van der Waals surface area (Å²) in [5, 5.41) is 8.63. The smallest absolute Gasteiger partial charge is 0.264 e. The van der Waals surface area contributed by atoms with Gasteiger partial charge in [-0.15, -0.1) is 0 Å². The van der Waals surface area contributed by atoms with E-state index in [1.807, 2.05) is 0 Å². The third-order valence-electron chi connectivity index (χ3n) is 9.67. The number of hydrogen-bond acceptors (Lipinski definition) is 9. The molecule has 2 aromatic carbocycles. The van der Waals surface area contributed by atoms with Gasteiger partial charge in [0.2, 0.25) is 10.0 Å². The molecule has 4 heterocycles. The van der Waals surface area contributed by atoms with Crippen molar-refractivity contribution in [1.29, 1.82) is 0 Å². The number of benzene rings is 2. The fourth-order valence-corrected chi connectivity index (χ4v) is 8.99. The van der Waals surface area contributed by atoms with Gasteiger partial charge in [-0.1, -0.05) is 22.6 Å². The summed E-state index contributed by atoms with van der Waals surface area (Å²) in [5.41, 5.74) is 1.89. The van der Waals surface area contributed by atoms with Crippen molar-refractivity contribution in [2.75, 3.05) is 4.90 Å². The van der Waals surface area contributed by atoms with Crippen LogP contribution in [0, 0.1) is 11.6 Å². The van der Waals surface area contributed by atoms with E-state index in [1.165, 1.54) is 29.5 Å². The number of halogens is 2. The zero-order valence-corrected chi connectivity index (χ0v) is 25.6. The van der Waals surface area contributed by atoms with E-state index in [9.17, 15) is 22.0 Å². The van der Waals surface area contributed by atoms with Crippen molar-refractivity contribution < 1.29 is 26.5 Å². The predicted octanol–water partition coefficient (Wildman–Crippen LogP) is 5.62. The number of thiazole rings is 1. The van der Waals surface area contributed by atoms with Gasteiger partial charge in [-0.3, -0.25) is 4.79 Å². The van der Waals surface area contributed by atoms with Crippen molar-refractivity contribution in [1.82, 2.24) is 20.2 Å². The van der Waals surface area contributed by atoms with E-state index < -0.39 is 32.3 Å². The minimum absolute atomic E-state index is 0.145. The number of piperidine rings is 1. The molecule has 2 atom stereocenters. The number of carbonyl (C=O) groups excluding carboxylic acids is 1. The van der Waals surface area contributed by atoms with E-state index in [2.05, 4.69) is 20.1 Å². The van der Waals surface area contributed by atoms with E-state index in [0.717, 1.165) is 58.8 Å². The normalized spacial score (nSPS) is 23.9. The highest BCUT2D eigenvalue weighted by Crippen LogP contribution is 2.47. The third-order valence-corrected chi connectivity index (χ3v) is 12.9. The lowest BCUT2D eigenvalue weighted by atomic mass is 9.77. The van der Waals surface area contributed by atoms with Crippen LogP contribution >= 0.6 is 11.3 Å². The molecule has 0 spiro atoms. The number of fused-ring (bicyclic) bond motifs is 3. The highest BCUT2D eigenvalue weighted by atomic mass is 32.2. The Labute approximate surface area is 257 Å². The Kier molecular flexibility index (Phi) is 6.41. The SMILES string of the molecule is CC1(S(=O)(=O)NC(=O)c2ccc3nc(N4C5CC(NCc6c(-c7c(F)cccc7F)noc6C6CC6)CC4C5)sc3c2)CC1. The molecular formula is C31H31F2N5O4S2. The monoisotopic (exact) mass is 639 g/mol. The lowest BCUT2D eigenvalue weighted by molar-refractivity contribution is 0.0981. The van der Waals surface area contributed by atoms with Crippen molar-refractivity contribution in [2.24, 2.45) is 0 Å². The molecule has 13 heteroatoms. The van der Waals surface area contributed by atoms with E-state index in [1.54, 1.807) is 25.1 Å². The molecule has 2 saturated heterocycles. The average Bonchev–Trinajstić information content (AvgIpc) is 3.89. The number of nitrogens with one attached hydrogen (secondary N) is 2. The first kappa shape index (κ1) is 28.1. The van der Waals surface area contributed by atoms with Crippen LogP contribution in [0.5, 0.6) is 0 Å². The van der Waals surface area contributed by atoms with Crippen molar-refractivity contribution in [3.8, 4) is 11.3 Å². The summed E-state index contributed by atoms with van der Waals surface area (Å²) in [5.74, 6) is -0.965. The Balaban J connectivity index is 0.953. The van der Waals surface area contributed by atoms with Crippen LogP contribution in [0.3, 0.4) is 0 Å². The van der Waals surface area contributed by atoms with Crippen molar-refractivity contribution in [3.63, 3.8) is 0 Å². The first-order chi connectivity index (χ1) is 21.1. The van der Waals surface area contributed by atoms with Crippen molar-refractivity contribution >= 4 is 42.6 Å². The van der Waals surface area contributed by atoms with Crippen LogP contribution in [0.4, 0.5) is 13.9 Å². The number of carbonyl (C=O) groups is 1. The molecule has 2 unspecified atom stereocenters. The molecule has 2 N–H and O–H groups in total. The van der Waals surface area contributed by atoms with Crippen molar-refractivity contribution in [2.45, 2.75) is 87.2 Å². The van der Waals surface area contributed by atoms with Crippen molar-refractivity contribution in [3.05, 3.63) is 64.9 Å². The third kappa shape index (κ3) is 4.71. The lowest BCUT2D eigenvalue weighted by Gasteiger charge is -2.55. The minimum Gasteiger partial charge on any atom is -0.360 e. The minimum atomic E-state index is -3.72. The maximum absolute atomic E-state index is 14.7. The number of hydrogen-bond donors (Lipinski definition) is 2. The predicted molar refractivity (Wildman–Crippen MR) is 162 cm³/mol. The summed E-state index contributed by atoms with van der Waals surface area (Å²) in [7, 11) is -3.72. The van der Waals surface area contributed by atoms with E-state index in [4.69, 9.17) is 9.51 Å². The summed E-state index contributed by atoms with van der Waals surface area (Å²) in [6.45, 7) is 2.07. The Hall–Kier alpha value is -3.42. The highest BCUT2D eigenvalue weighted by molar-refractivity contribution is 7.91. The maximum atomic E-state index is 14.7.